The molecule has 2 fully saturated rings. The fourth-order valence-corrected chi connectivity index (χ4v) is 5.51. The molecule has 6 nitrogen and oxygen atoms in total. The molecule has 2 aliphatic heterocycles. The highest BCUT2D eigenvalue weighted by Gasteiger charge is 2.56. The molecule has 3 atom stereocenters. The molecule has 1 saturated heterocycles. The van der Waals surface area contributed by atoms with E-state index in [-0.39, 0.29) is 42.1 Å². The first-order valence-electron chi connectivity index (χ1n) is 10.9. The third-order valence-corrected chi connectivity index (χ3v) is 7.01. The molecule has 3 amide bonds. The van der Waals surface area contributed by atoms with E-state index in [0.717, 1.165) is 36.9 Å². The first-order chi connectivity index (χ1) is 15.1. The summed E-state index contributed by atoms with van der Waals surface area (Å²) < 4.78 is 14.1. The summed E-state index contributed by atoms with van der Waals surface area (Å²) >= 11 is 0. The number of aliphatic hydroxyl groups is 1. The molecule has 0 radical (unpaired) electrons. The summed E-state index contributed by atoms with van der Waals surface area (Å²) in [5.41, 5.74) is 1.80. The van der Waals surface area contributed by atoms with E-state index in [1.165, 1.54) is 12.1 Å². The molecule has 2 heterocycles. The topological polar surface area (TPSA) is 72.9 Å². The number of fused-ring (bicyclic) bond motifs is 3. The van der Waals surface area contributed by atoms with E-state index in [2.05, 4.69) is 5.32 Å². The Balaban J connectivity index is 1.45. The number of carbonyl (C=O) groups is 2. The number of aliphatic hydroxyl groups excluding tert-OH is 1. The summed E-state index contributed by atoms with van der Waals surface area (Å²) in [5.74, 6) is -0.412. The number of hydrogen-bond acceptors (Lipinski definition) is 3. The Labute approximate surface area is 180 Å². The van der Waals surface area contributed by atoms with E-state index in [9.17, 15) is 19.1 Å². The predicted octanol–water partition coefficient (Wildman–Crippen LogP) is 3.72. The zero-order valence-electron chi connectivity index (χ0n) is 17.2. The van der Waals surface area contributed by atoms with Gasteiger partial charge in [0.25, 0.3) is 0 Å². The van der Waals surface area contributed by atoms with Crippen LogP contribution in [0.5, 0.6) is 0 Å². The molecule has 5 rings (SSSR count). The fraction of sp³-hybridized carbons (Fsp3) is 0.417. The lowest BCUT2D eigenvalue weighted by atomic mass is 9.71. The summed E-state index contributed by atoms with van der Waals surface area (Å²) in [6.45, 7) is 0.215. The van der Waals surface area contributed by atoms with Crippen LogP contribution in [0.2, 0.25) is 0 Å². The minimum absolute atomic E-state index is 0.00728. The van der Waals surface area contributed by atoms with Gasteiger partial charge < -0.3 is 15.3 Å². The van der Waals surface area contributed by atoms with Crippen molar-refractivity contribution >= 4 is 23.3 Å². The monoisotopic (exact) mass is 423 g/mol. The van der Waals surface area contributed by atoms with Gasteiger partial charge in [-0.3, -0.25) is 9.69 Å². The second-order valence-corrected chi connectivity index (χ2v) is 8.65. The molecule has 2 aromatic rings. The molecule has 0 unspecified atom stereocenters. The number of benzene rings is 2. The Hall–Kier alpha value is -2.93. The molecule has 0 aromatic heterocycles. The SMILES string of the molecule is O=C(Nc1ccccc1F)N1C[C@@H]2[C@H](c3ccccc31)[C@H](CO)N2C(=O)C1CCCC1. The number of para-hydroxylation sites is 2. The zero-order valence-corrected chi connectivity index (χ0v) is 17.2. The summed E-state index contributed by atoms with van der Waals surface area (Å²) in [5, 5.41) is 12.7. The van der Waals surface area contributed by atoms with Crippen molar-refractivity contribution in [1.82, 2.24) is 4.90 Å². The average molecular weight is 423 g/mol. The van der Waals surface area contributed by atoms with Crippen LogP contribution >= 0.6 is 0 Å². The van der Waals surface area contributed by atoms with Crippen molar-refractivity contribution in [1.29, 1.82) is 0 Å². The van der Waals surface area contributed by atoms with Gasteiger partial charge in [-0.2, -0.15) is 0 Å². The highest BCUT2D eigenvalue weighted by Crippen LogP contribution is 2.49. The molecular formula is C24H26FN3O3. The maximum atomic E-state index is 14.1. The molecule has 3 aliphatic rings. The van der Waals surface area contributed by atoms with Gasteiger partial charge in [-0.15, -0.1) is 0 Å². The second-order valence-electron chi connectivity index (χ2n) is 8.65. The lowest BCUT2D eigenvalue weighted by Gasteiger charge is -2.59. The van der Waals surface area contributed by atoms with Crippen LogP contribution in [-0.2, 0) is 4.79 Å². The molecule has 1 aliphatic carbocycles. The number of rotatable bonds is 3. The normalized spacial score (nSPS) is 24.9. The summed E-state index contributed by atoms with van der Waals surface area (Å²) in [6.07, 6.45) is 3.89. The molecular weight excluding hydrogens is 397 g/mol. The molecule has 0 spiro atoms. The molecule has 31 heavy (non-hydrogen) atoms. The largest absolute Gasteiger partial charge is 0.394 e. The minimum atomic E-state index is -0.499. The van der Waals surface area contributed by atoms with Crippen LogP contribution in [0.25, 0.3) is 0 Å². The van der Waals surface area contributed by atoms with Gasteiger partial charge in [0.1, 0.15) is 5.82 Å². The lowest BCUT2D eigenvalue weighted by Crippen LogP contribution is -2.71. The van der Waals surface area contributed by atoms with E-state index in [0.29, 0.717) is 6.54 Å². The molecule has 2 aromatic carbocycles. The van der Waals surface area contributed by atoms with Crippen LogP contribution in [0.3, 0.4) is 0 Å². The third-order valence-electron chi connectivity index (χ3n) is 7.01. The average Bonchev–Trinajstić information content (AvgIpc) is 3.30. The number of hydrogen-bond donors (Lipinski definition) is 2. The minimum Gasteiger partial charge on any atom is -0.394 e. The maximum Gasteiger partial charge on any atom is 0.326 e. The Bertz CT molecular complexity index is 1010. The second kappa shape index (κ2) is 7.96. The zero-order chi connectivity index (χ0) is 21.5. The highest BCUT2D eigenvalue weighted by atomic mass is 19.1. The van der Waals surface area contributed by atoms with Crippen molar-refractivity contribution < 1.29 is 19.1 Å². The van der Waals surface area contributed by atoms with Gasteiger partial charge in [0.05, 0.1) is 24.4 Å². The molecule has 162 valence electrons. The number of carbonyl (C=O) groups excluding carboxylic acids is 2. The van der Waals surface area contributed by atoms with Gasteiger partial charge >= 0.3 is 6.03 Å². The van der Waals surface area contributed by atoms with Crippen molar-refractivity contribution in [2.45, 2.75) is 43.7 Å². The van der Waals surface area contributed by atoms with Crippen LogP contribution in [0, 0.1) is 11.7 Å². The van der Waals surface area contributed by atoms with Crippen molar-refractivity contribution in [3.05, 3.63) is 59.9 Å². The van der Waals surface area contributed by atoms with Gasteiger partial charge in [0.15, 0.2) is 0 Å². The van der Waals surface area contributed by atoms with Crippen LogP contribution in [-0.4, -0.2) is 47.2 Å². The summed E-state index contributed by atoms with van der Waals surface area (Å²) in [6, 6.07) is 12.8. The molecule has 1 saturated carbocycles. The number of halogens is 1. The Morgan fingerprint density at radius 1 is 1.06 bits per heavy atom. The van der Waals surface area contributed by atoms with E-state index >= 15 is 0 Å². The Morgan fingerprint density at radius 3 is 2.52 bits per heavy atom. The summed E-state index contributed by atoms with van der Waals surface area (Å²) in [7, 11) is 0. The lowest BCUT2D eigenvalue weighted by molar-refractivity contribution is -0.154. The smallest absolute Gasteiger partial charge is 0.326 e. The van der Waals surface area contributed by atoms with Gasteiger partial charge in [-0.05, 0) is 36.6 Å². The number of amides is 3. The third kappa shape index (κ3) is 3.28. The van der Waals surface area contributed by atoms with Crippen molar-refractivity contribution in [3.8, 4) is 0 Å². The van der Waals surface area contributed by atoms with Crippen LogP contribution in [0.1, 0.15) is 37.2 Å². The van der Waals surface area contributed by atoms with Crippen molar-refractivity contribution in [2.24, 2.45) is 5.92 Å². The number of nitrogens with one attached hydrogen (secondary N) is 1. The van der Waals surface area contributed by atoms with E-state index < -0.39 is 11.8 Å². The Kier molecular flexibility index (Phi) is 5.14. The highest BCUT2D eigenvalue weighted by molar-refractivity contribution is 6.03. The predicted molar refractivity (Wildman–Crippen MR) is 115 cm³/mol. The van der Waals surface area contributed by atoms with Gasteiger partial charge in [-0.25, -0.2) is 9.18 Å². The van der Waals surface area contributed by atoms with E-state index in [1.807, 2.05) is 24.3 Å². The van der Waals surface area contributed by atoms with Crippen LogP contribution in [0.4, 0.5) is 20.6 Å². The molecule has 2 N–H and O–H groups in total. The number of anilines is 2. The first-order valence-corrected chi connectivity index (χ1v) is 10.9. The Morgan fingerprint density at radius 2 is 1.77 bits per heavy atom. The fourth-order valence-electron chi connectivity index (χ4n) is 5.51. The van der Waals surface area contributed by atoms with Gasteiger partial charge in [0.2, 0.25) is 5.91 Å². The van der Waals surface area contributed by atoms with Crippen LogP contribution in [0.15, 0.2) is 48.5 Å². The van der Waals surface area contributed by atoms with Crippen molar-refractivity contribution in [2.75, 3.05) is 23.4 Å². The van der Waals surface area contributed by atoms with Gasteiger partial charge in [-0.1, -0.05) is 43.2 Å². The summed E-state index contributed by atoms with van der Waals surface area (Å²) in [4.78, 5) is 29.8. The van der Waals surface area contributed by atoms with Gasteiger partial charge in [0, 0.05) is 24.1 Å². The first kappa shape index (κ1) is 20.0. The van der Waals surface area contributed by atoms with E-state index in [4.69, 9.17) is 0 Å². The quantitative estimate of drug-likeness (QED) is 0.790. The van der Waals surface area contributed by atoms with E-state index in [1.54, 1.807) is 21.9 Å². The van der Waals surface area contributed by atoms with Crippen molar-refractivity contribution in [3.63, 3.8) is 0 Å². The maximum absolute atomic E-state index is 14.1. The number of likely N-dealkylation sites (tertiary alicyclic amines) is 1. The molecule has 0 bridgehead atoms. The number of urea groups is 1. The number of nitrogens with zero attached hydrogens (tertiary/aromatic N) is 2. The van der Waals surface area contributed by atoms with Crippen LogP contribution < -0.4 is 10.2 Å². The molecule has 7 heteroatoms. The standard InChI is InChI=1S/C24H26FN3O3/c25-17-10-4-5-11-18(17)26-24(31)27-13-20-22(16-9-3-6-12-19(16)27)21(14-29)28(20)23(30)15-7-1-2-8-15/h3-6,9-12,15,20-22,29H,1-2,7-8,13-14H2,(H,26,31)/t20-,21+,22+/m1/s1.